The van der Waals surface area contributed by atoms with Gasteiger partial charge in [0.2, 0.25) is 0 Å². The SMILES string of the molecule is CCCN(CC1CC1)C(=O)N1CCC(CCC(=O)O)CC1. The Morgan fingerprint density at radius 2 is 1.81 bits per heavy atom. The molecule has 2 amide bonds. The Hall–Kier alpha value is -1.26. The van der Waals surface area contributed by atoms with Crippen molar-refractivity contribution < 1.29 is 14.7 Å². The summed E-state index contributed by atoms with van der Waals surface area (Å²) in [6, 6.07) is 0.195. The predicted octanol–water partition coefficient (Wildman–Crippen LogP) is 2.81. The second-order valence-corrected chi connectivity index (χ2v) is 6.53. The molecule has 0 aromatic carbocycles. The minimum Gasteiger partial charge on any atom is -0.481 e. The van der Waals surface area contributed by atoms with E-state index < -0.39 is 5.97 Å². The maximum atomic E-state index is 12.6. The summed E-state index contributed by atoms with van der Waals surface area (Å²) in [5, 5.41) is 8.73. The lowest BCUT2D eigenvalue weighted by Gasteiger charge is -2.36. The van der Waals surface area contributed by atoms with Gasteiger partial charge in [0.05, 0.1) is 0 Å². The van der Waals surface area contributed by atoms with Crippen LogP contribution in [0, 0.1) is 11.8 Å². The summed E-state index contributed by atoms with van der Waals surface area (Å²) >= 11 is 0. The van der Waals surface area contributed by atoms with Gasteiger partial charge in [-0.25, -0.2) is 4.79 Å². The normalized spacial score (nSPS) is 19.6. The smallest absolute Gasteiger partial charge is 0.320 e. The summed E-state index contributed by atoms with van der Waals surface area (Å²) in [6.45, 7) is 5.47. The third-order valence-corrected chi connectivity index (χ3v) is 4.59. The molecule has 1 saturated carbocycles. The van der Waals surface area contributed by atoms with Gasteiger partial charge >= 0.3 is 12.0 Å². The number of aliphatic carboxylic acids is 1. The first-order chi connectivity index (χ1) is 10.1. The summed E-state index contributed by atoms with van der Waals surface area (Å²) in [5.74, 6) is 0.480. The third kappa shape index (κ3) is 5.21. The molecule has 120 valence electrons. The van der Waals surface area contributed by atoms with E-state index in [4.69, 9.17) is 5.11 Å². The molecule has 0 spiro atoms. The van der Waals surface area contributed by atoms with Crippen molar-refractivity contribution in [1.82, 2.24) is 9.80 Å². The molecular weight excluding hydrogens is 268 g/mol. The Labute approximate surface area is 127 Å². The van der Waals surface area contributed by atoms with Crippen LogP contribution in [0.15, 0.2) is 0 Å². The molecule has 0 unspecified atom stereocenters. The molecular formula is C16H28N2O3. The number of carboxylic acid groups (broad SMARTS) is 1. The highest BCUT2D eigenvalue weighted by molar-refractivity contribution is 5.74. The fraction of sp³-hybridized carbons (Fsp3) is 0.875. The summed E-state index contributed by atoms with van der Waals surface area (Å²) in [6.07, 6.45) is 6.44. The zero-order valence-corrected chi connectivity index (χ0v) is 13.1. The largest absolute Gasteiger partial charge is 0.481 e. The molecule has 5 heteroatoms. The number of hydrogen-bond acceptors (Lipinski definition) is 2. The summed E-state index contributed by atoms with van der Waals surface area (Å²) in [7, 11) is 0. The van der Waals surface area contributed by atoms with Crippen LogP contribution in [0.5, 0.6) is 0 Å². The van der Waals surface area contributed by atoms with Crippen molar-refractivity contribution >= 4 is 12.0 Å². The molecule has 5 nitrogen and oxygen atoms in total. The lowest BCUT2D eigenvalue weighted by molar-refractivity contribution is -0.137. The van der Waals surface area contributed by atoms with Crippen LogP contribution in [0.1, 0.15) is 51.9 Å². The summed E-state index contributed by atoms with van der Waals surface area (Å²) in [4.78, 5) is 27.2. The van der Waals surface area contributed by atoms with Crippen LogP contribution in [0.2, 0.25) is 0 Å². The Morgan fingerprint density at radius 3 is 2.33 bits per heavy atom. The Balaban J connectivity index is 1.76. The number of piperidine rings is 1. The maximum Gasteiger partial charge on any atom is 0.320 e. The van der Waals surface area contributed by atoms with Gasteiger partial charge < -0.3 is 14.9 Å². The number of carboxylic acids is 1. The van der Waals surface area contributed by atoms with Crippen molar-refractivity contribution in [3.05, 3.63) is 0 Å². The predicted molar refractivity (Wildman–Crippen MR) is 81.2 cm³/mol. The minimum atomic E-state index is -0.716. The highest BCUT2D eigenvalue weighted by Crippen LogP contribution is 2.30. The van der Waals surface area contributed by atoms with Crippen LogP contribution < -0.4 is 0 Å². The van der Waals surface area contributed by atoms with Crippen molar-refractivity contribution in [3.8, 4) is 0 Å². The third-order valence-electron chi connectivity index (χ3n) is 4.59. The van der Waals surface area contributed by atoms with Gasteiger partial charge in [-0.3, -0.25) is 4.79 Å². The molecule has 0 bridgehead atoms. The zero-order valence-electron chi connectivity index (χ0n) is 13.1. The first-order valence-corrected chi connectivity index (χ1v) is 8.35. The highest BCUT2D eigenvalue weighted by atomic mass is 16.4. The maximum absolute atomic E-state index is 12.6. The van der Waals surface area contributed by atoms with Crippen molar-refractivity contribution in [1.29, 1.82) is 0 Å². The first kappa shape index (κ1) is 16.1. The number of carbonyl (C=O) groups is 2. The van der Waals surface area contributed by atoms with Crippen LogP contribution in [0.4, 0.5) is 4.79 Å². The van der Waals surface area contributed by atoms with Gasteiger partial charge in [-0.1, -0.05) is 6.92 Å². The van der Waals surface area contributed by atoms with Crippen molar-refractivity contribution in [3.63, 3.8) is 0 Å². The van der Waals surface area contributed by atoms with E-state index in [0.29, 0.717) is 5.92 Å². The first-order valence-electron chi connectivity index (χ1n) is 8.35. The molecule has 1 aliphatic heterocycles. The van der Waals surface area contributed by atoms with E-state index in [9.17, 15) is 9.59 Å². The lowest BCUT2D eigenvalue weighted by atomic mass is 9.92. The summed E-state index contributed by atoms with van der Waals surface area (Å²) in [5.41, 5.74) is 0. The molecule has 0 radical (unpaired) electrons. The fourth-order valence-electron chi connectivity index (χ4n) is 3.09. The van der Waals surface area contributed by atoms with Crippen LogP contribution in [-0.4, -0.2) is 53.1 Å². The van der Waals surface area contributed by atoms with Gasteiger partial charge in [0, 0.05) is 32.6 Å². The lowest BCUT2D eigenvalue weighted by Crippen LogP contribution is -2.47. The fourth-order valence-corrected chi connectivity index (χ4v) is 3.09. The Morgan fingerprint density at radius 1 is 1.14 bits per heavy atom. The molecule has 21 heavy (non-hydrogen) atoms. The second kappa shape index (κ2) is 7.66. The van der Waals surface area contributed by atoms with E-state index >= 15 is 0 Å². The number of amides is 2. The number of hydrogen-bond donors (Lipinski definition) is 1. The summed E-state index contributed by atoms with van der Waals surface area (Å²) < 4.78 is 0. The van der Waals surface area contributed by atoms with Gasteiger partial charge in [0.25, 0.3) is 0 Å². The number of likely N-dealkylation sites (tertiary alicyclic amines) is 1. The standard InChI is InChI=1S/C16H28N2O3/c1-2-9-18(12-14-3-4-14)16(21)17-10-7-13(8-11-17)5-6-15(19)20/h13-14H,2-12H2,1H3,(H,19,20). The molecule has 1 saturated heterocycles. The monoisotopic (exact) mass is 296 g/mol. The number of rotatable bonds is 7. The molecule has 2 fully saturated rings. The number of urea groups is 1. The van der Waals surface area contributed by atoms with E-state index in [1.54, 1.807) is 0 Å². The second-order valence-electron chi connectivity index (χ2n) is 6.53. The van der Waals surface area contributed by atoms with Gasteiger partial charge in [0.1, 0.15) is 0 Å². The quantitative estimate of drug-likeness (QED) is 0.786. The van der Waals surface area contributed by atoms with E-state index in [-0.39, 0.29) is 12.5 Å². The van der Waals surface area contributed by atoms with E-state index in [0.717, 1.165) is 57.8 Å². The van der Waals surface area contributed by atoms with Crippen molar-refractivity contribution in [2.45, 2.75) is 51.9 Å². The van der Waals surface area contributed by atoms with Crippen LogP contribution in [0.3, 0.4) is 0 Å². The zero-order chi connectivity index (χ0) is 15.2. The van der Waals surface area contributed by atoms with Gasteiger partial charge in [-0.2, -0.15) is 0 Å². The molecule has 0 aromatic rings. The molecule has 1 aliphatic carbocycles. The number of nitrogens with zero attached hydrogens (tertiary/aromatic N) is 2. The van der Waals surface area contributed by atoms with Crippen LogP contribution in [-0.2, 0) is 4.79 Å². The average molecular weight is 296 g/mol. The Kier molecular flexibility index (Phi) is 5.88. The van der Waals surface area contributed by atoms with E-state index in [2.05, 4.69) is 6.92 Å². The highest BCUT2D eigenvalue weighted by Gasteiger charge is 2.30. The number of carbonyl (C=O) groups excluding carboxylic acids is 1. The molecule has 2 aliphatic rings. The molecule has 0 atom stereocenters. The molecule has 1 N–H and O–H groups in total. The molecule has 1 heterocycles. The molecule has 2 rings (SSSR count). The van der Waals surface area contributed by atoms with Crippen molar-refractivity contribution in [2.75, 3.05) is 26.2 Å². The van der Waals surface area contributed by atoms with Crippen LogP contribution in [0.25, 0.3) is 0 Å². The van der Waals surface area contributed by atoms with Crippen LogP contribution >= 0.6 is 0 Å². The molecule has 0 aromatic heterocycles. The topological polar surface area (TPSA) is 60.9 Å². The average Bonchev–Trinajstić information content (AvgIpc) is 3.28. The minimum absolute atomic E-state index is 0.195. The van der Waals surface area contributed by atoms with Crippen molar-refractivity contribution in [2.24, 2.45) is 11.8 Å². The van der Waals surface area contributed by atoms with Gasteiger partial charge in [-0.15, -0.1) is 0 Å². The Bertz CT molecular complexity index is 361. The van der Waals surface area contributed by atoms with E-state index in [1.807, 2.05) is 9.80 Å². The van der Waals surface area contributed by atoms with Gasteiger partial charge in [0.15, 0.2) is 0 Å². The van der Waals surface area contributed by atoms with Gasteiger partial charge in [-0.05, 0) is 50.4 Å². The van der Waals surface area contributed by atoms with E-state index in [1.165, 1.54) is 12.8 Å².